The van der Waals surface area contributed by atoms with Crippen LogP contribution in [0.3, 0.4) is 0 Å². The van der Waals surface area contributed by atoms with E-state index in [-0.39, 0.29) is 5.91 Å². The molecule has 0 atom stereocenters. The Morgan fingerprint density at radius 3 is 2.89 bits per heavy atom. The second-order valence-electron chi connectivity index (χ2n) is 4.46. The van der Waals surface area contributed by atoms with Crippen molar-refractivity contribution in [3.8, 4) is 10.6 Å². The first-order valence-electron chi connectivity index (χ1n) is 5.88. The molecule has 1 N–H and O–H groups in total. The summed E-state index contributed by atoms with van der Waals surface area (Å²) in [7, 11) is 3.72. The third kappa shape index (κ3) is 3.59. The molecule has 1 amide bonds. The third-order valence-corrected chi connectivity index (χ3v) is 3.54. The lowest BCUT2D eigenvalue weighted by Crippen LogP contribution is -2.26. The van der Waals surface area contributed by atoms with Gasteiger partial charge in [-0.1, -0.05) is 11.3 Å². The number of likely N-dealkylation sites (N-methyl/N-ethyl adjacent to an activating group) is 1. The first-order chi connectivity index (χ1) is 9.06. The van der Waals surface area contributed by atoms with E-state index < -0.39 is 0 Å². The number of hydrogen-bond acceptors (Lipinski definition) is 5. The Morgan fingerprint density at radius 2 is 2.26 bits per heavy atom. The molecule has 0 saturated heterocycles. The zero-order valence-electron chi connectivity index (χ0n) is 11.2. The first kappa shape index (κ1) is 13.6. The van der Waals surface area contributed by atoms with Gasteiger partial charge >= 0.3 is 0 Å². The van der Waals surface area contributed by atoms with E-state index in [2.05, 4.69) is 15.3 Å². The summed E-state index contributed by atoms with van der Waals surface area (Å²) >= 11 is 1.47. The average molecular weight is 276 g/mol. The Hall–Kier alpha value is -1.79. The standard InChI is InChI=1S/C13H16N4OS/c1-9-12(16-11(18)8-17(2)3)19-13(15-9)10-5-4-6-14-7-10/h4-7H,8H2,1-3H3,(H,16,18). The van der Waals surface area contributed by atoms with Crippen LogP contribution in [0.1, 0.15) is 5.69 Å². The fourth-order valence-corrected chi connectivity index (χ4v) is 2.55. The van der Waals surface area contributed by atoms with Crippen molar-refractivity contribution in [2.24, 2.45) is 0 Å². The number of amides is 1. The molecular weight excluding hydrogens is 260 g/mol. The maximum Gasteiger partial charge on any atom is 0.239 e. The van der Waals surface area contributed by atoms with Crippen LogP contribution in [0.2, 0.25) is 0 Å². The van der Waals surface area contributed by atoms with Crippen LogP contribution in [-0.4, -0.2) is 41.4 Å². The van der Waals surface area contributed by atoms with Crippen molar-refractivity contribution >= 4 is 22.2 Å². The van der Waals surface area contributed by atoms with E-state index in [9.17, 15) is 4.79 Å². The number of nitrogens with zero attached hydrogens (tertiary/aromatic N) is 3. The minimum absolute atomic E-state index is 0.0329. The van der Waals surface area contributed by atoms with E-state index in [1.54, 1.807) is 12.4 Å². The average Bonchev–Trinajstić information content (AvgIpc) is 2.71. The van der Waals surface area contributed by atoms with Crippen molar-refractivity contribution in [1.29, 1.82) is 0 Å². The predicted molar refractivity (Wildman–Crippen MR) is 77.3 cm³/mol. The normalized spacial score (nSPS) is 10.7. The van der Waals surface area contributed by atoms with Crippen LogP contribution in [0.15, 0.2) is 24.5 Å². The Morgan fingerprint density at radius 1 is 1.47 bits per heavy atom. The van der Waals surface area contributed by atoms with Gasteiger partial charge in [-0.25, -0.2) is 4.98 Å². The Balaban J connectivity index is 2.16. The molecule has 5 nitrogen and oxygen atoms in total. The van der Waals surface area contributed by atoms with Gasteiger partial charge in [0.25, 0.3) is 0 Å². The highest BCUT2D eigenvalue weighted by atomic mass is 32.1. The minimum atomic E-state index is -0.0329. The summed E-state index contributed by atoms with van der Waals surface area (Å²) in [6, 6.07) is 3.83. The fraction of sp³-hybridized carbons (Fsp3) is 0.308. The highest BCUT2D eigenvalue weighted by molar-refractivity contribution is 7.19. The highest BCUT2D eigenvalue weighted by Crippen LogP contribution is 2.31. The van der Waals surface area contributed by atoms with E-state index in [1.807, 2.05) is 38.1 Å². The van der Waals surface area contributed by atoms with Gasteiger partial charge < -0.3 is 10.2 Å². The number of nitrogens with one attached hydrogen (secondary N) is 1. The SMILES string of the molecule is Cc1nc(-c2cccnc2)sc1NC(=O)CN(C)C. The maximum absolute atomic E-state index is 11.7. The molecule has 0 aliphatic heterocycles. The number of pyridine rings is 1. The summed E-state index contributed by atoms with van der Waals surface area (Å²) in [5.74, 6) is -0.0329. The van der Waals surface area contributed by atoms with Crippen LogP contribution in [0, 0.1) is 6.92 Å². The maximum atomic E-state index is 11.7. The van der Waals surface area contributed by atoms with Gasteiger partial charge in [-0.15, -0.1) is 0 Å². The summed E-state index contributed by atoms with van der Waals surface area (Å²) in [6.45, 7) is 2.25. The monoisotopic (exact) mass is 276 g/mol. The molecule has 0 aliphatic carbocycles. The molecule has 0 aromatic carbocycles. The molecule has 2 aromatic heterocycles. The zero-order valence-corrected chi connectivity index (χ0v) is 12.0. The van der Waals surface area contributed by atoms with Crippen LogP contribution in [-0.2, 0) is 4.79 Å². The number of hydrogen-bond donors (Lipinski definition) is 1. The molecule has 0 saturated carbocycles. The van der Waals surface area contributed by atoms with E-state index in [1.165, 1.54) is 11.3 Å². The molecule has 0 fully saturated rings. The summed E-state index contributed by atoms with van der Waals surface area (Å²) < 4.78 is 0. The number of carbonyl (C=O) groups excluding carboxylic acids is 1. The van der Waals surface area contributed by atoms with Crippen molar-refractivity contribution in [1.82, 2.24) is 14.9 Å². The van der Waals surface area contributed by atoms with Gasteiger partial charge in [-0.3, -0.25) is 9.78 Å². The summed E-state index contributed by atoms with van der Waals surface area (Å²) in [6.07, 6.45) is 3.49. The fourth-order valence-electron chi connectivity index (χ4n) is 1.58. The molecule has 0 bridgehead atoms. The molecule has 2 aromatic rings. The van der Waals surface area contributed by atoms with Crippen LogP contribution in [0.25, 0.3) is 10.6 Å². The van der Waals surface area contributed by atoms with Gasteiger partial charge in [0, 0.05) is 18.0 Å². The van der Waals surface area contributed by atoms with Gasteiger partial charge in [-0.2, -0.15) is 0 Å². The first-order valence-corrected chi connectivity index (χ1v) is 6.70. The molecule has 0 unspecified atom stereocenters. The smallest absolute Gasteiger partial charge is 0.239 e. The van der Waals surface area contributed by atoms with Gasteiger partial charge in [0.1, 0.15) is 10.0 Å². The number of anilines is 1. The second-order valence-corrected chi connectivity index (χ2v) is 5.46. The molecular formula is C13H16N4OS. The summed E-state index contributed by atoms with van der Waals surface area (Å²) in [5, 5.41) is 4.55. The molecule has 2 rings (SSSR count). The van der Waals surface area contributed by atoms with Gasteiger partial charge in [-0.05, 0) is 33.2 Å². The highest BCUT2D eigenvalue weighted by Gasteiger charge is 2.12. The molecule has 6 heteroatoms. The molecule has 2 heterocycles. The largest absolute Gasteiger partial charge is 0.315 e. The third-order valence-electron chi connectivity index (χ3n) is 2.42. The van der Waals surface area contributed by atoms with Crippen molar-refractivity contribution in [2.75, 3.05) is 26.0 Å². The van der Waals surface area contributed by atoms with Gasteiger partial charge in [0.2, 0.25) is 5.91 Å². The summed E-state index contributed by atoms with van der Waals surface area (Å²) in [5.41, 5.74) is 1.79. The lowest BCUT2D eigenvalue weighted by atomic mass is 10.3. The van der Waals surface area contributed by atoms with Crippen molar-refractivity contribution in [3.63, 3.8) is 0 Å². The van der Waals surface area contributed by atoms with Crippen LogP contribution < -0.4 is 5.32 Å². The number of aromatic nitrogens is 2. The van der Waals surface area contributed by atoms with E-state index in [0.29, 0.717) is 6.54 Å². The van der Waals surface area contributed by atoms with Crippen molar-refractivity contribution in [3.05, 3.63) is 30.2 Å². The van der Waals surface area contributed by atoms with Crippen LogP contribution >= 0.6 is 11.3 Å². The van der Waals surface area contributed by atoms with Gasteiger partial charge in [0.15, 0.2) is 0 Å². The minimum Gasteiger partial charge on any atom is -0.315 e. The molecule has 0 spiro atoms. The van der Waals surface area contributed by atoms with E-state index in [0.717, 1.165) is 21.3 Å². The predicted octanol–water partition coefficient (Wildman–Crippen LogP) is 2.01. The number of carbonyl (C=O) groups is 1. The Bertz CT molecular complexity index is 565. The quantitative estimate of drug-likeness (QED) is 0.928. The lowest BCUT2D eigenvalue weighted by Gasteiger charge is -2.08. The second kappa shape index (κ2) is 5.90. The Kier molecular flexibility index (Phi) is 4.24. The van der Waals surface area contributed by atoms with E-state index in [4.69, 9.17) is 0 Å². The topological polar surface area (TPSA) is 58.1 Å². The Labute approximate surface area is 116 Å². The molecule has 19 heavy (non-hydrogen) atoms. The molecule has 0 radical (unpaired) electrons. The summed E-state index contributed by atoms with van der Waals surface area (Å²) in [4.78, 5) is 22.1. The lowest BCUT2D eigenvalue weighted by molar-refractivity contribution is -0.116. The van der Waals surface area contributed by atoms with Gasteiger partial charge in [0.05, 0.1) is 12.2 Å². The van der Waals surface area contributed by atoms with Crippen molar-refractivity contribution in [2.45, 2.75) is 6.92 Å². The zero-order chi connectivity index (χ0) is 13.8. The molecule has 0 aliphatic rings. The van der Waals surface area contributed by atoms with Crippen molar-refractivity contribution < 1.29 is 4.79 Å². The number of rotatable bonds is 4. The number of aryl methyl sites for hydroxylation is 1. The van der Waals surface area contributed by atoms with Crippen LogP contribution in [0.4, 0.5) is 5.00 Å². The van der Waals surface area contributed by atoms with Crippen LogP contribution in [0.5, 0.6) is 0 Å². The number of thiazole rings is 1. The molecule has 100 valence electrons. The van der Waals surface area contributed by atoms with E-state index >= 15 is 0 Å².